The van der Waals surface area contributed by atoms with Crippen LogP contribution in [0.5, 0.6) is 0 Å². The van der Waals surface area contributed by atoms with Crippen LogP contribution in [0, 0.1) is 46.3 Å². The molecule has 236 valence electrons. The Morgan fingerprint density at radius 2 is 1.71 bits per heavy atom. The highest BCUT2D eigenvalue weighted by molar-refractivity contribution is 5.61. The third-order valence-corrected chi connectivity index (χ3v) is 13.6. The minimum atomic E-state index is -0.330. The zero-order valence-corrected chi connectivity index (χ0v) is 28.4. The van der Waals surface area contributed by atoms with E-state index in [0.29, 0.717) is 17.4 Å². The van der Waals surface area contributed by atoms with E-state index in [2.05, 4.69) is 66.5 Å². The lowest BCUT2D eigenvalue weighted by Gasteiger charge is -2.59. The Bertz CT molecular complexity index is 898. The summed E-state index contributed by atoms with van der Waals surface area (Å²) in [5.74, 6) is 5.17. The summed E-state index contributed by atoms with van der Waals surface area (Å²) in [5, 5.41) is 12.6. The van der Waals surface area contributed by atoms with Gasteiger partial charge in [-0.2, -0.15) is 0 Å². The van der Waals surface area contributed by atoms with Crippen molar-refractivity contribution in [3.05, 3.63) is 11.6 Å². The van der Waals surface area contributed by atoms with Gasteiger partial charge in [0, 0.05) is 19.1 Å². The molecule has 4 rings (SSSR count). The van der Waals surface area contributed by atoms with Crippen LogP contribution in [0.25, 0.3) is 0 Å². The Hall–Kier alpha value is -1.03. The number of quaternary nitrogens is 1. The van der Waals surface area contributed by atoms with Crippen LogP contribution in [0.4, 0.5) is 0 Å². The summed E-state index contributed by atoms with van der Waals surface area (Å²) in [6, 6.07) is 0. The highest BCUT2D eigenvalue weighted by atomic mass is 16.6. The molecular weight excluding hydrogens is 504 g/mol. The summed E-state index contributed by atoms with van der Waals surface area (Å²) >= 11 is 0. The van der Waals surface area contributed by atoms with Gasteiger partial charge in [0.1, 0.15) is 6.08 Å². The zero-order chi connectivity index (χ0) is 29.8. The number of hydrogen-bond acceptors (Lipinski definition) is 3. The minimum Gasteiger partial charge on any atom is -0.597 e. The number of hydrogen-bond donors (Lipinski definition) is 0. The molecule has 0 aliphatic heterocycles. The third kappa shape index (κ3) is 6.88. The fourth-order valence-electron chi connectivity index (χ4n) is 10.7. The van der Waals surface area contributed by atoms with Crippen LogP contribution in [0.1, 0.15) is 132 Å². The van der Waals surface area contributed by atoms with Crippen molar-refractivity contribution >= 4 is 6.08 Å². The molecule has 0 aromatic carbocycles. The molecule has 0 unspecified atom stereocenters. The molecule has 3 fully saturated rings. The molecule has 0 bridgehead atoms. The maximum absolute atomic E-state index is 12.6. The molecule has 3 saturated carbocycles. The quantitative estimate of drug-likeness (QED) is 0.0734. The molecule has 4 aliphatic rings. The number of rotatable bonds is 13. The average Bonchev–Trinajstić information content (AvgIpc) is 3.31. The maximum Gasteiger partial charge on any atom is 0.145 e. The van der Waals surface area contributed by atoms with Crippen molar-refractivity contribution in [2.24, 2.45) is 51.3 Å². The maximum atomic E-state index is 12.6. The summed E-state index contributed by atoms with van der Waals surface area (Å²) in [5.41, 5.74) is 2.43. The summed E-state index contributed by atoms with van der Waals surface area (Å²) in [4.78, 5) is 4.31. The number of allylic oxidation sites excluding steroid dienone is 1. The molecule has 4 heteroatoms. The van der Waals surface area contributed by atoms with E-state index in [9.17, 15) is 5.11 Å². The van der Waals surface area contributed by atoms with Crippen LogP contribution in [0.3, 0.4) is 0 Å². The Balaban J connectivity index is 1.33. The summed E-state index contributed by atoms with van der Waals surface area (Å²) in [6.07, 6.45) is 17.5. The lowest BCUT2D eigenvalue weighted by Crippen LogP contribution is -2.51. The van der Waals surface area contributed by atoms with Crippen LogP contribution < -0.4 is 5.11 Å². The molecule has 0 N–H and O–H groups in total. The second-order valence-electron chi connectivity index (χ2n) is 15.8. The first-order valence-electron chi connectivity index (χ1n) is 17.9. The summed E-state index contributed by atoms with van der Waals surface area (Å²) in [7, 11) is 0. The van der Waals surface area contributed by atoms with Gasteiger partial charge < -0.3 is 14.3 Å². The van der Waals surface area contributed by atoms with Gasteiger partial charge in [0.15, 0.2) is 0 Å². The van der Waals surface area contributed by atoms with Crippen molar-refractivity contribution in [3.8, 4) is 0 Å². The van der Waals surface area contributed by atoms with Gasteiger partial charge >= 0.3 is 0 Å². The van der Waals surface area contributed by atoms with Crippen LogP contribution in [0.2, 0.25) is 0 Å². The molecule has 4 aliphatic carbocycles. The van der Waals surface area contributed by atoms with E-state index >= 15 is 0 Å². The van der Waals surface area contributed by atoms with Gasteiger partial charge in [-0.3, -0.25) is 4.99 Å². The number of aliphatic imine (C=N–C) groups is 1. The van der Waals surface area contributed by atoms with Crippen LogP contribution >= 0.6 is 0 Å². The number of nitrogens with zero attached hydrogens (tertiary/aromatic N) is 2. The fourth-order valence-corrected chi connectivity index (χ4v) is 10.7. The van der Waals surface area contributed by atoms with Gasteiger partial charge in [0.2, 0.25) is 0 Å². The van der Waals surface area contributed by atoms with E-state index in [1.807, 2.05) is 0 Å². The van der Waals surface area contributed by atoms with E-state index in [1.54, 1.807) is 5.57 Å². The monoisotopic (exact) mass is 571 g/mol. The smallest absolute Gasteiger partial charge is 0.145 e. The lowest BCUT2D eigenvalue weighted by molar-refractivity contribution is -0.923. The third-order valence-electron chi connectivity index (χ3n) is 13.6. The van der Waals surface area contributed by atoms with Crippen molar-refractivity contribution in [2.75, 3.05) is 32.7 Å². The largest absolute Gasteiger partial charge is 0.597 e. The van der Waals surface area contributed by atoms with Crippen molar-refractivity contribution in [1.29, 1.82) is 0 Å². The minimum absolute atomic E-state index is 0.00956. The van der Waals surface area contributed by atoms with E-state index in [0.717, 1.165) is 85.4 Å². The molecule has 0 aromatic heterocycles. The van der Waals surface area contributed by atoms with Crippen LogP contribution in [-0.4, -0.2) is 49.4 Å². The second kappa shape index (κ2) is 13.7. The number of ether oxygens (including phenoxy) is 1. The molecule has 0 amide bonds. The molecule has 0 heterocycles. The number of fused-ring (bicyclic) bond motifs is 5. The molecule has 0 saturated heterocycles. The molecule has 8 atom stereocenters. The van der Waals surface area contributed by atoms with Gasteiger partial charge in [-0.15, -0.1) is 0 Å². The Labute approximate surface area is 254 Å². The molecule has 0 aromatic rings. The summed E-state index contributed by atoms with van der Waals surface area (Å²) in [6.45, 7) is 24.5. The predicted octanol–water partition coefficient (Wildman–Crippen LogP) is 8.40. The van der Waals surface area contributed by atoms with E-state index in [4.69, 9.17) is 4.74 Å². The normalized spacial score (nSPS) is 36.4. The zero-order valence-electron chi connectivity index (χ0n) is 28.4. The second-order valence-corrected chi connectivity index (χ2v) is 15.8. The Morgan fingerprint density at radius 3 is 2.39 bits per heavy atom. The molecule has 0 radical (unpaired) electrons. The highest BCUT2D eigenvalue weighted by Crippen LogP contribution is 2.67. The van der Waals surface area contributed by atoms with Crippen molar-refractivity contribution in [2.45, 2.75) is 139 Å². The molecule has 0 spiro atoms. The van der Waals surface area contributed by atoms with E-state index < -0.39 is 0 Å². The average molecular weight is 571 g/mol. The van der Waals surface area contributed by atoms with Gasteiger partial charge in [-0.25, -0.2) is 0 Å². The van der Waals surface area contributed by atoms with Crippen molar-refractivity contribution in [3.63, 3.8) is 0 Å². The molecule has 41 heavy (non-hydrogen) atoms. The Kier molecular flexibility index (Phi) is 11.0. The standard InChI is InChI=1S/C37H66N2O2/c1-9-39(10-2,11-3)25-13-24-38-35(40)41-30-20-22-36(7)29(26-30)16-17-31-33-19-18-32(28(6)15-12-14-27(4)5)37(33,8)23-21-34(31)36/h16,27-28,30-34H,9-15,17-26H2,1-8H3/t28-,30+,31+,32-,33+,34+,36+,37-/m1/s1. The molecule has 4 nitrogen and oxygen atoms in total. The lowest BCUT2D eigenvalue weighted by atomic mass is 9.47. The van der Waals surface area contributed by atoms with Crippen LogP contribution in [-0.2, 0) is 4.74 Å². The van der Waals surface area contributed by atoms with E-state index in [-0.39, 0.29) is 12.2 Å². The van der Waals surface area contributed by atoms with Crippen molar-refractivity contribution in [1.82, 2.24) is 0 Å². The Morgan fingerprint density at radius 1 is 0.976 bits per heavy atom. The first-order chi connectivity index (χ1) is 19.5. The van der Waals surface area contributed by atoms with Gasteiger partial charge in [-0.1, -0.05) is 65.5 Å². The van der Waals surface area contributed by atoms with Gasteiger partial charge in [-0.05, 0) is 118 Å². The molecular formula is C37H66N2O2. The van der Waals surface area contributed by atoms with Gasteiger partial charge in [0.25, 0.3) is 0 Å². The van der Waals surface area contributed by atoms with Crippen LogP contribution in [0.15, 0.2) is 16.6 Å². The first-order valence-corrected chi connectivity index (χ1v) is 17.9. The predicted molar refractivity (Wildman–Crippen MR) is 172 cm³/mol. The highest BCUT2D eigenvalue weighted by Gasteiger charge is 2.59. The summed E-state index contributed by atoms with van der Waals surface area (Å²) < 4.78 is 7.06. The van der Waals surface area contributed by atoms with Crippen molar-refractivity contribution < 1.29 is 14.3 Å². The van der Waals surface area contributed by atoms with Gasteiger partial charge in [0.05, 0.1) is 26.2 Å². The van der Waals surface area contributed by atoms with E-state index in [1.165, 1.54) is 57.8 Å². The topological polar surface area (TPSA) is 44.7 Å². The SMILES string of the molecule is CC[N+](CC)(CC)CCCN=C([O-])O[C@H]1CC[C@@]2(C)C(=CC[C@H]3[C@@H]4CC[C@H]([C@H](C)CCCC(C)C)[C@@]4(C)CC[C@@H]32)C1. The first kappa shape index (κ1) is 32.9. The fraction of sp³-hybridized carbons (Fsp3) is 0.919.